The molecule has 0 radical (unpaired) electrons. The average Bonchev–Trinajstić information content (AvgIpc) is 3.12. The minimum atomic E-state index is -4.97. The van der Waals surface area contributed by atoms with Crippen LogP contribution in [0.1, 0.15) is 12.5 Å². The zero-order valence-corrected chi connectivity index (χ0v) is 18.5. The van der Waals surface area contributed by atoms with Gasteiger partial charge in [0.1, 0.15) is 23.1 Å². The molecule has 0 spiro atoms. The topological polar surface area (TPSA) is 95.8 Å². The van der Waals surface area contributed by atoms with Crippen LogP contribution in [0.4, 0.5) is 26.3 Å². The van der Waals surface area contributed by atoms with E-state index in [4.69, 9.17) is 14.2 Å². The van der Waals surface area contributed by atoms with Crippen LogP contribution in [0.3, 0.4) is 0 Å². The van der Waals surface area contributed by atoms with Gasteiger partial charge >= 0.3 is 18.7 Å². The fourth-order valence-corrected chi connectivity index (χ4v) is 3.67. The van der Waals surface area contributed by atoms with Gasteiger partial charge in [-0.25, -0.2) is 4.79 Å². The number of ether oxygens (including phenoxy) is 5. The molecule has 0 unspecified atom stereocenters. The molecule has 1 aliphatic heterocycles. The molecule has 0 aliphatic carbocycles. The molecule has 1 heterocycles. The normalized spacial score (nSPS) is 18.6. The number of nitrogens with zero attached hydrogens (tertiary/aromatic N) is 1. The summed E-state index contributed by atoms with van der Waals surface area (Å²) in [5, 5.41) is 9.36. The summed E-state index contributed by atoms with van der Waals surface area (Å²) >= 11 is 0.980. The van der Waals surface area contributed by atoms with Crippen molar-refractivity contribution in [2.75, 3.05) is 45.4 Å². The number of aliphatic carboxylic acids is 1. The largest absolute Gasteiger partial charge is 0.573 e. The van der Waals surface area contributed by atoms with Crippen molar-refractivity contribution in [1.82, 2.24) is 0 Å². The second-order valence-corrected chi connectivity index (χ2v) is 7.82. The first-order chi connectivity index (χ1) is 15.8. The summed E-state index contributed by atoms with van der Waals surface area (Å²) in [5.74, 6) is -1.56. The molecule has 1 atom stereocenters. The molecule has 0 saturated heterocycles. The number of hydrogen-bond acceptors (Lipinski definition) is 8. The molecule has 0 fully saturated rings. The highest BCUT2D eigenvalue weighted by atomic mass is 32.2. The Morgan fingerprint density at radius 1 is 1.03 bits per heavy atom. The van der Waals surface area contributed by atoms with Crippen LogP contribution in [0.2, 0.25) is 0 Å². The molecule has 0 amide bonds. The van der Waals surface area contributed by atoms with Crippen LogP contribution in [-0.2, 0) is 19.0 Å². The number of benzene rings is 1. The molecule has 0 aromatic heterocycles. The van der Waals surface area contributed by atoms with Crippen molar-refractivity contribution in [3.63, 3.8) is 0 Å². The summed E-state index contributed by atoms with van der Waals surface area (Å²) in [6.07, 6.45) is -9.68. The summed E-state index contributed by atoms with van der Waals surface area (Å²) in [5.41, 5.74) is -1.55. The smallest absolute Gasteiger partial charge is 0.491 e. The summed E-state index contributed by atoms with van der Waals surface area (Å²) < 4.78 is 96.8. The SMILES string of the molecule is C[C@]1(C(=O)O)CSC(c2cc(OCCOCCOCCOC(F)(F)F)ccc2OC(F)(F)F)=N1. The molecular formula is C19H21F6NO7S. The molecule has 192 valence electrons. The maximum Gasteiger partial charge on any atom is 0.573 e. The fraction of sp³-hybridized carbons (Fsp3) is 0.579. The van der Waals surface area contributed by atoms with Gasteiger partial charge in [0.05, 0.1) is 38.6 Å². The van der Waals surface area contributed by atoms with Gasteiger partial charge < -0.3 is 24.1 Å². The lowest BCUT2D eigenvalue weighted by atomic mass is 10.1. The number of carbonyl (C=O) groups is 1. The second-order valence-electron chi connectivity index (χ2n) is 6.86. The van der Waals surface area contributed by atoms with E-state index in [-0.39, 0.29) is 55.1 Å². The van der Waals surface area contributed by atoms with Crippen molar-refractivity contribution in [2.45, 2.75) is 25.2 Å². The lowest BCUT2D eigenvalue weighted by Gasteiger charge is -2.15. The number of hydrogen-bond donors (Lipinski definition) is 1. The van der Waals surface area contributed by atoms with Gasteiger partial charge in [-0.15, -0.1) is 38.1 Å². The predicted octanol–water partition coefficient (Wildman–Crippen LogP) is 3.87. The Morgan fingerprint density at radius 3 is 2.21 bits per heavy atom. The minimum absolute atomic E-state index is 0.00254. The minimum Gasteiger partial charge on any atom is -0.491 e. The maximum absolute atomic E-state index is 12.8. The second kappa shape index (κ2) is 12.0. The van der Waals surface area contributed by atoms with Crippen molar-refractivity contribution in [3.8, 4) is 11.5 Å². The van der Waals surface area contributed by atoms with Crippen molar-refractivity contribution in [2.24, 2.45) is 4.99 Å². The molecule has 15 heteroatoms. The zero-order chi connectivity index (χ0) is 25.4. The molecule has 8 nitrogen and oxygen atoms in total. The molecule has 2 rings (SSSR count). The fourth-order valence-electron chi connectivity index (χ4n) is 2.48. The molecule has 0 saturated carbocycles. The molecule has 1 aromatic rings. The average molecular weight is 521 g/mol. The third-order valence-electron chi connectivity index (χ3n) is 4.07. The van der Waals surface area contributed by atoms with E-state index in [9.17, 15) is 36.2 Å². The number of halogens is 6. The van der Waals surface area contributed by atoms with Crippen molar-refractivity contribution < 1.29 is 59.9 Å². The lowest BCUT2D eigenvalue weighted by molar-refractivity contribution is -0.327. The van der Waals surface area contributed by atoms with Crippen molar-refractivity contribution >= 4 is 22.8 Å². The van der Waals surface area contributed by atoms with Crippen LogP contribution < -0.4 is 9.47 Å². The van der Waals surface area contributed by atoms with E-state index in [0.29, 0.717) is 0 Å². The quantitative estimate of drug-likeness (QED) is 0.309. The molecule has 1 aliphatic rings. The Hall–Kier alpha value is -2.23. The third kappa shape index (κ3) is 9.56. The van der Waals surface area contributed by atoms with Gasteiger partial charge in [0.2, 0.25) is 0 Å². The Labute approximate surface area is 194 Å². The Bertz CT molecular complexity index is 865. The van der Waals surface area contributed by atoms with E-state index in [0.717, 1.165) is 17.8 Å². The van der Waals surface area contributed by atoms with Gasteiger partial charge in [-0.3, -0.25) is 9.73 Å². The first-order valence-corrected chi connectivity index (χ1v) is 10.6. The number of carboxylic acid groups (broad SMARTS) is 1. The predicted molar refractivity (Wildman–Crippen MR) is 107 cm³/mol. The van der Waals surface area contributed by atoms with E-state index in [2.05, 4.69) is 14.5 Å². The van der Waals surface area contributed by atoms with Crippen LogP contribution in [0.5, 0.6) is 11.5 Å². The van der Waals surface area contributed by atoms with Crippen LogP contribution in [0.15, 0.2) is 23.2 Å². The first kappa shape index (κ1) is 28.0. The first-order valence-electron chi connectivity index (χ1n) is 9.64. The molecule has 34 heavy (non-hydrogen) atoms. The summed E-state index contributed by atoms with van der Waals surface area (Å²) in [6.45, 7) is 0.599. The Kier molecular flexibility index (Phi) is 9.84. The highest BCUT2D eigenvalue weighted by Gasteiger charge is 2.40. The molecule has 1 N–H and O–H groups in total. The van der Waals surface area contributed by atoms with Crippen molar-refractivity contribution in [3.05, 3.63) is 23.8 Å². The summed E-state index contributed by atoms with van der Waals surface area (Å²) in [7, 11) is 0. The van der Waals surface area contributed by atoms with E-state index >= 15 is 0 Å². The van der Waals surface area contributed by atoms with Gasteiger partial charge in [0, 0.05) is 5.75 Å². The van der Waals surface area contributed by atoms with Crippen LogP contribution >= 0.6 is 11.8 Å². The van der Waals surface area contributed by atoms with Gasteiger partial charge in [-0.2, -0.15) is 0 Å². The van der Waals surface area contributed by atoms with Crippen LogP contribution in [0, 0.1) is 0 Å². The Morgan fingerprint density at radius 2 is 1.65 bits per heavy atom. The molecule has 0 bridgehead atoms. The highest BCUT2D eigenvalue weighted by Crippen LogP contribution is 2.37. The Balaban J connectivity index is 1.87. The van der Waals surface area contributed by atoms with Gasteiger partial charge in [0.15, 0.2) is 5.54 Å². The van der Waals surface area contributed by atoms with Crippen LogP contribution in [-0.4, -0.2) is 79.8 Å². The van der Waals surface area contributed by atoms with E-state index in [1.165, 1.54) is 19.1 Å². The van der Waals surface area contributed by atoms with Crippen LogP contribution in [0.25, 0.3) is 0 Å². The van der Waals surface area contributed by atoms with E-state index in [1.54, 1.807) is 0 Å². The summed E-state index contributed by atoms with van der Waals surface area (Å²) in [6, 6.07) is 3.53. The highest BCUT2D eigenvalue weighted by molar-refractivity contribution is 8.14. The third-order valence-corrected chi connectivity index (χ3v) is 5.36. The van der Waals surface area contributed by atoms with Gasteiger partial charge in [0.25, 0.3) is 0 Å². The number of thioether (sulfide) groups is 1. The van der Waals surface area contributed by atoms with E-state index in [1.807, 2.05) is 0 Å². The standard InChI is InChI=1S/C19H21F6NO7S/c1-17(16(27)28)11-34-15(26-17)13-10-12(2-3-14(13)33-19(23,24)25)31-8-6-29-4-5-30-7-9-32-18(20,21)22/h2-3,10H,4-9,11H2,1H3,(H,27,28)/t17-/m1/s1. The van der Waals surface area contributed by atoms with E-state index < -0.39 is 36.6 Å². The number of carboxylic acids is 1. The summed E-state index contributed by atoms with van der Waals surface area (Å²) in [4.78, 5) is 15.4. The number of aliphatic imine (C=N–C) groups is 1. The monoisotopic (exact) mass is 521 g/mol. The van der Waals surface area contributed by atoms with Gasteiger partial charge in [-0.05, 0) is 25.1 Å². The number of alkyl halides is 6. The maximum atomic E-state index is 12.8. The number of rotatable bonds is 13. The van der Waals surface area contributed by atoms with Crippen molar-refractivity contribution in [1.29, 1.82) is 0 Å². The lowest BCUT2D eigenvalue weighted by Crippen LogP contribution is -2.33. The molecule has 1 aromatic carbocycles. The van der Waals surface area contributed by atoms with Gasteiger partial charge in [-0.1, -0.05) is 0 Å². The zero-order valence-electron chi connectivity index (χ0n) is 17.7. The molecular weight excluding hydrogens is 500 g/mol.